The van der Waals surface area contributed by atoms with Crippen molar-refractivity contribution in [1.82, 2.24) is 0 Å². The molecule has 5 N–H and O–H groups in total. The fourth-order valence-corrected chi connectivity index (χ4v) is 2.40. The Hall–Kier alpha value is -0.150. The zero-order valence-corrected chi connectivity index (χ0v) is 10.8. The summed E-state index contributed by atoms with van der Waals surface area (Å²) in [6, 6.07) is 0. The molecule has 0 aromatic rings. The number of carbonyl (C=O) groups excluding carboxylic acids is 1. The summed E-state index contributed by atoms with van der Waals surface area (Å²) in [4.78, 5) is 21.7. The summed E-state index contributed by atoms with van der Waals surface area (Å²) in [6.07, 6.45) is -7.00. The van der Waals surface area contributed by atoms with Crippen LogP contribution in [-0.2, 0) is 9.59 Å². The lowest BCUT2D eigenvalue weighted by Crippen LogP contribution is -2.50. The van der Waals surface area contributed by atoms with E-state index in [0.717, 1.165) is 0 Å². The van der Waals surface area contributed by atoms with Gasteiger partial charge in [0.1, 0.15) is 18.1 Å². The molecule has 0 saturated heterocycles. The highest BCUT2D eigenvalue weighted by atomic mass is 35.6. The second-order valence-electron chi connectivity index (χ2n) is 3.88. The summed E-state index contributed by atoms with van der Waals surface area (Å²) in [5.41, 5.74) is -2.60. The molecule has 0 aromatic carbocycles. The summed E-state index contributed by atoms with van der Waals surface area (Å²) in [5.74, 6) is -4.52. The number of carboxylic acid groups (broad SMARTS) is 1. The molecule has 0 radical (unpaired) electrons. The lowest BCUT2D eigenvalue weighted by Gasteiger charge is -2.25. The number of alkyl halides is 3. The van der Waals surface area contributed by atoms with E-state index in [1.165, 1.54) is 0 Å². The Bertz CT molecular complexity index is 381. The molecule has 1 aliphatic rings. The van der Waals surface area contributed by atoms with E-state index < -0.39 is 45.4 Å². The van der Waals surface area contributed by atoms with Crippen molar-refractivity contribution in [1.29, 1.82) is 0 Å². The van der Waals surface area contributed by atoms with Crippen LogP contribution in [0.15, 0.2) is 0 Å². The predicted molar refractivity (Wildman–Crippen MR) is 59.4 cm³/mol. The van der Waals surface area contributed by atoms with Gasteiger partial charge in [0.15, 0.2) is 17.5 Å². The van der Waals surface area contributed by atoms with Crippen LogP contribution in [0, 0.1) is 5.92 Å². The molecule has 1 saturated carbocycles. The number of hydrogen-bond donors (Lipinski definition) is 5. The molecule has 0 aromatic heterocycles. The highest BCUT2D eigenvalue weighted by molar-refractivity contribution is 6.69. The molecule has 0 heterocycles. The van der Waals surface area contributed by atoms with Crippen LogP contribution in [0.1, 0.15) is 0 Å². The summed E-state index contributed by atoms with van der Waals surface area (Å²) in [6.45, 7) is 0. The molecular formula is C8H9Cl3O7. The molecule has 0 spiro atoms. The number of aliphatic hydroxyl groups excluding tert-OH is 3. The molecule has 0 aliphatic heterocycles. The normalized spacial score (nSPS) is 32.8. The number of aliphatic hydroxyl groups is 4. The third-order valence-corrected chi connectivity index (χ3v) is 3.35. The number of Topliss-reactive ketones (excluding diaryl/α,β-unsaturated/α-hetero) is 1. The van der Waals surface area contributed by atoms with E-state index in [1.807, 2.05) is 0 Å². The molecule has 18 heavy (non-hydrogen) atoms. The Kier molecular flexibility index (Phi) is 4.20. The Morgan fingerprint density at radius 1 is 1.28 bits per heavy atom. The second-order valence-corrected chi connectivity index (χ2v) is 6.25. The topological polar surface area (TPSA) is 135 Å². The molecule has 5 atom stereocenters. The van der Waals surface area contributed by atoms with Crippen LogP contribution in [0.25, 0.3) is 0 Å². The van der Waals surface area contributed by atoms with Gasteiger partial charge in [-0.05, 0) is 0 Å². The quantitative estimate of drug-likeness (QED) is 0.395. The smallest absolute Gasteiger partial charge is 0.335 e. The van der Waals surface area contributed by atoms with Crippen molar-refractivity contribution in [3.8, 4) is 0 Å². The highest BCUT2D eigenvalue weighted by Gasteiger charge is 2.76. The number of carboxylic acids is 1. The largest absolute Gasteiger partial charge is 0.479 e. The zero-order chi connectivity index (χ0) is 14.5. The average Bonchev–Trinajstić information content (AvgIpc) is 2.79. The van der Waals surface area contributed by atoms with Crippen molar-refractivity contribution in [3.63, 3.8) is 0 Å². The summed E-state index contributed by atoms with van der Waals surface area (Å²) >= 11 is 16.1. The fourth-order valence-electron chi connectivity index (χ4n) is 1.60. The molecule has 7 nitrogen and oxygen atoms in total. The van der Waals surface area contributed by atoms with Gasteiger partial charge in [-0.25, -0.2) is 4.79 Å². The lowest BCUT2D eigenvalue weighted by molar-refractivity contribution is -0.166. The third kappa shape index (κ3) is 2.44. The van der Waals surface area contributed by atoms with Gasteiger partial charge < -0.3 is 25.5 Å². The van der Waals surface area contributed by atoms with Crippen molar-refractivity contribution in [3.05, 3.63) is 0 Å². The van der Waals surface area contributed by atoms with E-state index in [-0.39, 0.29) is 0 Å². The van der Waals surface area contributed by atoms with Crippen LogP contribution in [0.2, 0.25) is 0 Å². The minimum Gasteiger partial charge on any atom is -0.479 e. The standard InChI is InChI=1S/C8H9Cl3O7/c9-8(10,11)3-5(15)7(3,18)4(14)1(12)2(13)6(16)17/h1-4,12-14,18H,(H,16,17)/t1-,2+,3?,4+,7-/m1/s1. The number of hydrogen-bond acceptors (Lipinski definition) is 6. The first-order valence-corrected chi connectivity index (χ1v) is 5.69. The first kappa shape index (κ1) is 15.9. The zero-order valence-electron chi connectivity index (χ0n) is 8.50. The molecule has 10 heteroatoms. The van der Waals surface area contributed by atoms with Crippen LogP contribution in [0.5, 0.6) is 0 Å². The van der Waals surface area contributed by atoms with E-state index in [0.29, 0.717) is 0 Å². The molecule has 1 aliphatic carbocycles. The minimum absolute atomic E-state index is 1.06. The maximum atomic E-state index is 11.3. The summed E-state index contributed by atoms with van der Waals surface area (Å²) < 4.78 is -2.22. The van der Waals surface area contributed by atoms with Crippen LogP contribution in [0.3, 0.4) is 0 Å². The molecule has 0 amide bonds. The predicted octanol–water partition coefficient (Wildman–Crippen LogP) is -1.55. The van der Waals surface area contributed by atoms with Gasteiger partial charge in [-0.2, -0.15) is 0 Å². The lowest BCUT2D eigenvalue weighted by atomic mass is 10.00. The maximum Gasteiger partial charge on any atom is 0.335 e. The number of halogens is 3. The van der Waals surface area contributed by atoms with Gasteiger partial charge in [-0.3, -0.25) is 4.79 Å². The second kappa shape index (κ2) is 4.75. The molecule has 0 bridgehead atoms. The Balaban J connectivity index is 2.89. The van der Waals surface area contributed by atoms with E-state index in [1.54, 1.807) is 0 Å². The maximum absolute atomic E-state index is 11.3. The van der Waals surface area contributed by atoms with Gasteiger partial charge in [0.25, 0.3) is 0 Å². The molecule has 104 valence electrons. The van der Waals surface area contributed by atoms with Gasteiger partial charge in [-0.1, -0.05) is 34.8 Å². The molecule has 1 fully saturated rings. The van der Waals surface area contributed by atoms with E-state index >= 15 is 0 Å². The van der Waals surface area contributed by atoms with Crippen molar-refractivity contribution >= 4 is 46.6 Å². The number of rotatable bonds is 4. The van der Waals surface area contributed by atoms with Gasteiger partial charge in [0.2, 0.25) is 3.79 Å². The Labute approximate surface area is 115 Å². The van der Waals surface area contributed by atoms with Crippen molar-refractivity contribution in [2.24, 2.45) is 5.92 Å². The van der Waals surface area contributed by atoms with E-state index in [9.17, 15) is 24.9 Å². The van der Waals surface area contributed by atoms with Crippen LogP contribution in [0.4, 0.5) is 0 Å². The van der Waals surface area contributed by atoms with Crippen LogP contribution in [-0.4, -0.2) is 65.0 Å². The SMILES string of the molecule is O=C(O)[C@@H](O)[C@@H](O)[C@H](O)[C@@]1(O)C(=O)C1C(Cl)(Cl)Cl. The monoisotopic (exact) mass is 322 g/mol. The van der Waals surface area contributed by atoms with Crippen molar-refractivity contribution in [2.45, 2.75) is 27.7 Å². The van der Waals surface area contributed by atoms with Gasteiger partial charge >= 0.3 is 5.97 Å². The average molecular weight is 324 g/mol. The van der Waals surface area contributed by atoms with Crippen molar-refractivity contribution < 1.29 is 35.1 Å². The van der Waals surface area contributed by atoms with Gasteiger partial charge in [-0.15, -0.1) is 0 Å². The number of ketones is 1. The Morgan fingerprint density at radius 2 is 1.72 bits per heavy atom. The van der Waals surface area contributed by atoms with Crippen LogP contribution >= 0.6 is 34.8 Å². The molecule has 1 rings (SSSR count). The first-order valence-electron chi connectivity index (χ1n) is 4.56. The highest BCUT2D eigenvalue weighted by Crippen LogP contribution is 2.55. The van der Waals surface area contributed by atoms with Crippen molar-refractivity contribution in [2.75, 3.05) is 0 Å². The third-order valence-electron chi connectivity index (χ3n) is 2.69. The van der Waals surface area contributed by atoms with E-state index in [2.05, 4.69) is 0 Å². The van der Waals surface area contributed by atoms with Crippen LogP contribution < -0.4 is 0 Å². The fraction of sp³-hybridized carbons (Fsp3) is 0.750. The number of aliphatic carboxylic acids is 1. The number of carbonyl (C=O) groups is 2. The minimum atomic E-state index is -2.60. The Morgan fingerprint density at radius 3 is 2.00 bits per heavy atom. The summed E-state index contributed by atoms with van der Waals surface area (Å²) in [5, 5.41) is 46.0. The van der Waals surface area contributed by atoms with E-state index in [4.69, 9.17) is 45.0 Å². The van der Waals surface area contributed by atoms with Gasteiger partial charge in [0.05, 0.1) is 0 Å². The summed E-state index contributed by atoms with van der Waals surface area (Å²) in [7, 11) is 0. The molecule has 1 unspecified atom stereocenters. The first-order chi connectivity index (χ1) is 7.95. The van der Waals surface area contributed by atoms with Gasteiger partial charge in [0, 0.05) is 0 Å². The molecular weight excluding hydrogens is 314 g/mol.